The molecule has 0 atom stereocenters. The minimum Gasteiger partial charge on any atom is -0.370 e. The Kier molecular flexibility index (Phi) is 7.18. The molecule has 2 nitrogen and oxygen atoms in total. The Morgan fingerprint density at radius 3 is 2.00 bits per heavy atom. The van der Waals surface area contributed by atoms with Crippen LogP contribution < -0.4 is 5.73 Å². The maximum Gasteiger partial charge on any atom is 0.217 e. The van der Waals surface area contributed by atoms with Gasteiger partial charge in [-0.05, 0) is 11.0 Å². The van der Waals surface area contributed by atoms with E-state index >= 15 is 0 Å². The van der Waals surface area contributed by atoms with Crippen LogP contribution in [-0.4, -0.2) is 16.9 Å². The Hall–Kier alpha value is -0.313. The third-order valence-electron chi connectivity index (χ3n) is 0.348. The van der Waals surface area contributed by atoms with E-state index in [1.54, 1.807) is 6.92 Å². The quantitative estimate of drug-likeness (QED) is 0.402. The Labute approximate surface area is 41.7 Å². The van der Waals surface area contributed by atoms with E-state index < -0.39 is 0 Å². The van der Waals surface area contributed by atoms with Crippen molar-refractivity contribution in [3.05, 3.63) is 0 Å². The molecule has 0 spiro atoms. The van der Waals surface area contributed by atoms with Gasteiger partial charge in [0.15, 0.2) is 0 Å². The van der Waals surface area contributed by atoms with Gasteiger partial charge in [-0.3, -0.25) is 4.79 Å². The number of carbonyl (C=O) groups excluding carboxylic acids is 1. The van der Waals surface area contributed by atoms with Gasteiger partial charge in [0.2, 0.25) is 5.91 Å². The highest BCUT2D eigenvalue weighted by atomic mass is 28.1. The van der Waals surface area contributed by atoms with Gasteiger partial charge in [-0.1, -0.05) is 6.92 Å². The van der Waals surface area contributed by atoms with E-state index in [4.69, 9.17) is 0 Å². The summed E-state index contributed by atoms with van der Waals surface area (Å²) in [6.45, 7) is 1.72. The molecule has 0 radical (unpaired) electrons. The molecule has 6 heavy (non-hydrogen) atoms. The molecule has 0 aliphatic rings. The molecule has 0 rings (SSSR count). The summed E-state index contributed by atoms with van der Waals surface area (Å²) in [6.07, 6.45) is 0.444. The van der Waals surface area contributed by atoms with Crippen LogP contribution in [0.1, 0.15) is 13.3 Å². The van der Waals surface area contributed by atoms with Crippen molar-refractivity contribution < 1.29 is 4.79 Å². The van der Waals surface area contributed by atoms with Gasteiger partial charge in [0.05, 0.1) is 0 Å². The molecule has 0 bridgehead atoms. The first-order valence-corrected chi connectivity index (χ1v) is 1.55. The van der Waals surface area contributed by atoms with Gasteiger partial charge in [0.1, 0.15) is 0 Å². The highest BCUT2D eigenvalue weighted by Gasteiger charge is 1.77. The van der Waals surface area contributed by atoms with Crippen LogP contribution >= 0.6 is 0 Å². The van der Waals surface area contributed by atoms with Gasteiger partial charge < -0.3 is 5.73 Å². The topological polar surface area (TPSA) is 43.1 Å². The van der Waals surface area contributed by atoms with Crippen LogP contribution in [0.2, 0.25) is 0 Å². The number of hydrogen-bond donors (Lipinski definition) is 1. The molecule has 0 aromatic carbocycles. The first kappa shape index (κ1) is 9.19. The summed E-state index contributed by atoms with van der Waals surface area (Å²) in [5, 5.41) is 0. The first-order chi connectivity index (χ1) is 2.27. The van der Waals surface area contributed by atoms with Gasteiger partial charge in [-0.2, -0.15) is 0 Å². The summed E-state index contributed by atoms with van der Waals surface area (Å²) in [6, 6.07) is 0. The second-order valence-corrected chi connectivity index (χ2v) is 0.820. The lowest BCUT2D eigenvalue weighted by Gasteiger charge is -1.73. The van der Waals surface area contributed by atoms with Crippen molar-refractivity contribution >= 4 is 16.9 Å². The van der Waals surface area contributed by atoms with Crippen molar-refractivity contribution in [3.63, 3.8) is 0 Å². The molecular weight excluding hydrogens is 94.1 g/mol. The largest absolute Gasteiger partial charge is 0.370 e. The van der Waals surface area contributed by atoms with E-state index in [1.165, 1.54) is 0 Å². The molecule has 0 aliphatic heterocycles. The molecule has 0 aromatic heterocycles. The first-order valence-electron chi connectivity index (χ1n) is 1.55. The highest BCUT2D eigenvalue weighted by Crippen LogP contribution is 1.63. The minimum absolute atomic E-state index is 0. The summed E-state index contributed by atoms with van der Waals surface area (Å²) in [5.74, 6) is -0.245. The third kappa shape index (κ3) is 9.35. The molecule has 2 N–H and O–H groups in total. The fourth-order valence-corrected chi connectivity index (χ4v) is 0. The predicted octanol–water partition coefficient (Wildman–Crippen LogP) is -1.57. The van der Waals surface area contributed by atoms with Gasteiger partial charge in [0, 0.05) is 6.42 Å². The smallest absolute Gasteiger partial charge is 0.217 e. The lowest BCUT2D eigenvalue weighted by molar-refractivity contribution is -0.117. The monoisotopic (exact) mass is 105 g/mol. The molecule has 0 aliphatic carbocycles. The van der Waals surface area contributed by atoms with Gasteiger partial charge >= 0.3 is 0 Å². The standard InChI is InChI=1S/C3H7NO.H4Si/c1-2-3(4)5;/h2H2,1H3,(H2,4,5);1H4. The predicted molar refractivity (Wildman–Crippen MR) is 30.8 cm³/mol. The van der Waals surface area contributed by atoms with Gasteiger partial charge in [0.25, 0.3) is 0 Å². The van der Waals surface area contributed by atoms with Gasteiger partial charge in [-0.25, -0.2) is 0 Å². The number of primary amides is 1. The van der Waals surface area contributed by atoms with E-state index in [-0.39, 0.29) is 16.9 Å². The summed E-state index contributed by atoms with van der Waals surface area (Å²) in [7, 11) is 0. The molecular formula is C3H11NOSi. The second kappa shape index (κ2) is 4.69. The molecule has 0 saturated heterocycles. The number of carbonyl (C=O) groups is 1. The van der Waals surface area contributed by atoms with Crippen LogP contribution in [0, 0.1) is 0 Å². The van der Waals surface area contributed by atoms with Crippen LogP contribution in [0.5, 0.6) is 0 Å². The summed E-state index contributed by atoms with van der Waals surface area (Å²) in [5.41, 5.74) is 4.65. The van der Waals surface area contributed by atoms with Crippen molar-refractivity contribution in [3.8, 4) is 0 Å². The van der Waals surface area contributed by atoms with Crippen molar-refractivity contribution in [2.45, 2.75) is 13.3 Å². The molecule has 3 heteroatoms. The molecule has 0 saturated carbocycles. The van der Waals surface area contributed by atoms with Crippen molar-refractivity contribution in [1.82, 2.24) is 0 Å². The average Bonchev–Trinajstić information content (AvgIpc) is 1.38. The van der Waals surface area contributed by atoms with Crippen LogP contribution in [0.4, 0.5) is 0 Å². The Morgan fingerprint density at radius 2 is 2.00 bits per heavy atom. The maximum absolute atomic E-state index is 9.59. The van der Waals surface area contributed by atoms with Crippen LogP contribution in [0.25, 0.3) is 0 Å². The normalized spacial score (nSPS) is 6.17. The van der Waals surface area contributed by atoms with E-state index in [2.05, 4.69) is 5.73 Å². The van der Waals surface area contributed by atoms with Crippen LogP contribution in [0.15, 0.2) is 0 Å². The highest BCUT2D eigenvalue weighted by molar-refractivity contribution is 5.75. The third-order valence-corrected chi connectivity index (χ3v) is 0.348. The SMILES string of the molecule is CCC(N)=O.[SiH4]. The summed E-state index contributed by atoms with van der Waals surface area (Å²) in [4.78, 5) is 9.59. The number of hydrogen-bond acceptors (Lipinski definition) is 1. The van der Waals surface area contributed by atoms with Crippen molar-refractivity contribution in [2.75, 3.05) is 0 Å². The lowest BCUT2D eigenvalue weighted by Crippen LogP contribution is -2.06. The zero-order chi connectivity index (χ0) is 4.28. The van der Waals surface area contributed by atoms with E-state index in [1.807, 2.05) is 0 Å². The summed E-state index contributed by atoms with van der Waals surface area (Å²) < 4.78 is 0. The van der Waals surface area contributed by atoms with E-state index in [0.29, 0.717) is 6.42 Å². The fourth-order valence-electron chi connectivity index (χ4n) is 0. The fraction of sp³-hybridized carbons (Fsp3) is 0.667. The Balaban J connectivity index is 0. The van der Waals surface area contributed by atoms with Crippen molar-refractivity contribution in [1.29, 1.82) is 0 Å². The van der Waals surface area contributed by atoms with Crippen molar-refractivity contribution in [2.24, 2.45) is 5.73 Å². The minimum atomic E-state index is -0.245. The number of nitrogens with two attached hydrogens (primary N) is 1. The molecule has 0 heterocycles. The number of amides is 1. The van der Waals surface area contributed by atoms with Crippen LogP contribution in [-0.2, 0) is 4.79 Å². The van der Waals surface area contributed by atoms with Gasteiger partial charge in [-0.15, -0.1) is 0 Å². The lowest BCUT2D eigenvalue weighted by atomic mass is 10.5. The van der Waals surface area contributed by atoms with Crippen LogP contribution in [0.3, 0.4) is 0 Å². The zero-order valence-electron chi connectivity index (χ0n) is 3.19. The van der Waals surface area contributed by atoms with E-state index in [0.717, 1.165) is 0 Å². The zero-order valence-corrected chi connectivity index (χ0v) is 3.19. The molecule has 0 unspecified atom stereocenters. The maximum atomic E-state index is 9.59. The number of rotatable bonds is 1. The van der Waals surface area contributed by atoms with E-state index in [9.17, 15) is 4.79 Å². The molecule has 1 amide bonds. The molecule has 0 fully saturated rings. The average molecular weight is 105 g/mol. The second-order valence-electron chi connectivity index (χ2n) is 0.820. The Morgan fingerprint density at radius 1 is 1.83 bits per heavy atom. The Bertz CT molecular complexity index is 46.1. The summed E-state index contributed by atoms with van der Waals surface area (Å²) >= 11 is 0. The molecule has 38 valence electrons. The molecule has 0 aromatic rings.